The van der Waals surface area contributed by atoms with E-state index >= 15 is 0 Å². The number of H-pyrrole nitrogens is 1. The first kappa shape index (κ1) is 18.5. The van der Waals surface area contributed by atoms with Crippen LogP contribution in [0.4, 0.5) is 4.79 Å². The van der Waals surface area contributed by atoms with Crippen LogP contribution >= 0.6 is 0 Å². The molecule has 1 aliphatic rings. The van der Waals surface area contributed by atoms with E-state index in [2.05, 4.69) is 25.4 Å². The summed E-state index contributed by atoms with van der Waals surface area (Å²) in [7, 11) is 0. The van der Waals surface area contributed by atoms with Crippen LogP contribution in [0.1, 0.15) is 35.9 Å². The highest BCUT2D eigenvalue weighted by Gasteiger charge is 2.25. The predicted molar refractivity (Wildman–Crippen MR) is 93.1 cm³/mol. The van der Waals surface area contributed by atoms with Gasteiger partial charge in [-0.15, -0.1) is 0 Å². The third-order valence-electron chi connectivity index (χ3n) is 4.23. The molecule has 2 N–H and O–H groups in total. The maximum atomic E-state index is 12.4. The molecule has 0 aliphatic carbocycles. The number of carbonyl (C=O) groups excluding carboxylic acids is 2. The van der Waals surface area contributed by atoms with Gasteiger partial charge in [0.1, 0.15) is 30.6 Å². The monoisotopic (exact) mass is 375 g/mol. The van der Waals surface area contributed by atoms with E-state index in [1.165, 1.54) is 23.5 Å². The average molecular weight is 375 g/mol. The summed E-state index contributed by atoms with van der Waals surface area (Å²) < 4.78 is 6.48. The molecule has 11 heteroatoms. The third-order valence-corrected chi connectivity index (χ3v) is 4.23. The molecule has 3 heterocycles. The number of rotatable bonds is 5. The second-order valence-corrected chi connectivity index (χ2v) is 6.10. The van der Waals surface area contributed by atoms with E-state index in [9.17, 15) is 14.4 Å². The second kappa shape index (κ2) is 8.43. The molecule has 1 saturated heterocycles. The molecule has 3 rings (SSSR count). The molecule has 2 amide bonds. The number of nitrogens with zero attached hydrogens (tertiary/aromatic N) is 5. The van der Waals surface area contributed by atoms with E-state index in [1.54, 1.807) is 11.8 Å². The Kier molecular flexibility index (Phi) is 5.79. The highest BCUT2D eigenvalue weighted by molar-refractivity contribution is 5.93. The zero-order valence-electron chi connectivity index (χ0n) is 14.9. The van der Waals surface area contributed by atoms with Gasteiger partial charge in [-0.05, 0) is 19.8 Å². The first-order chi connectivity index (χ1) is 13.1. The topological polar surface area (TPSA) is 135 Å². The number of aromatic amines is 1. The molecule has 0 spiro atoms. The molecular formula is C16H21N7O4. The van der Waals surface area contributed by atoms with E-state index in [0.717, 1.165) is 0 Å². The van der Waals surface area contributed by atoms with E-state index < -0.39 is 11.5 Å². The fourth-order valence-electron chi connectivity index (χ4n) is 2.83. The number of hydrogen-bond acceptors (Lipinski definition) is 7. The van der Waals surface area contributed by atoms with Crippen molar-refractivity contribution in [2.75, 3.05) is 19.7 Å². The fourth-order valence-corrected chi connectivity index (χ4v) is 2.83. The van der Waals surface area contributed by atoms with Crippen molar-refractivity contribution < 1.29 is 14.3 Å². The van der Waals surface area contributed by atoms with E-state index in [-0.39, 0.29) is 24.2 Å². The minimum absolute atomic E-state index is 0.0508. The van der Waals surface area contributed by atoms with Crippen LogP contribution in [-0.4, -0.2) is 67.4 Å². The molecule has 1 aliphatic heterocycles. The lowest BCUT2D eigenvalue weighted by Crippen LogP contribution is -2.47. The van der Waals surface area contributed by atoms with Crippen LogP contribution in [-0.2, 0) is 11.3 Å². The second-order valence-electron chi connectivity index (χ2n) is 6.10. The van der Waals surface area contributed by atoms with Crippen LogP contribution in [0.25, 0.3) is 0 Å². The Balaban J connectivity index is 1.55. The molecule has 0 aromatic carbocycles. The minimum Gasteiger partial charge on any atom is -0.450 e. The summed E-state index contributed by atoms with van der Waals surface area (Å²) in [6.45, 7) is 3.33. The quantitative estimate of drug-likeness (QED) is 0.736. The van der Waals surface area contributed by atoms with Crippen LogP contribution in [0.3, 0.4) is 0 Å². The average Bonchev–Trinajstić information content (AvgIpc) is 3.15. The normalized spacial score (nSPS) is 14.8. The SMILES string of the molecule is CCOC(=O)N1CCC(NC(=O)c2cnc(Cn3cncn3)[nH]c2=O)CC1. The van der Waals surface area contributed by atoms with Crippen molar-refractivity contribution in [1.82, 2.24) is 34.9 Å². The number of carbonyl (C=O) groups is 2. The zero-order valence-corrected chi connectivity index (χ0v) is 14.9. The first-order valence-electron chi connectivity index (χ1n) is 8.70. The van der Waals surface area contributed by atoms with E-state index in [4.69, 9.17) is 4.74 Å². The van der Waals surface area contributed by atoms with Crippen molar-refractivity contribution in [2.45, 2.75) is 32.4 Å². The molecule has 0 atom stereocenters. The Morgan fingerprint density at radius 1 is 1.37 bits per heavy atom. The summed E-state index contributed by atoms with van der Waals surface area (Å²) in [6.07, 6.45) is 5.00. The van der Waals surface area contributed by atoms with Gasteiger partial charge in [-0.1, -0.05) is 0 Å². The van der Waals surface area contributed by atoms with Crippen molar-refractivity contribution in [2.24, 2.45) is 0 Å². The van der Waals surface area contributed by atoms with Crippen molar-refractivity contribution in [3.63, 3.8) is 0 Å². The van der Waals surface area contributed by atoms with Gasteiger partial charge in [0, 0.05) is 25.3 Å². The predicted octanol–water partition coefficient (Wildman–Crippen LogP) is -0.240. The lowest BCUT2D eigenvalue weighted by molar-refractivity contribution is 0.0858. The van der Waals surface area contributed by atoms with Gasteiger partial charge in [0.15, 0.2) is 0 Å². The van der Waals surface area contributed by atoms with Crippen LogP contribution in [0.15, 0.2) is 23.6 Å². The molecule has 2 aromatic heterocycles. The van der Waals surface area contributed by atoms with E-state index in [1.807, 2.05) is 0 Å². The molecule has 1 fully saturated rings. The Labute approximate surface area is 154 Å². The standard InChI is InChI=1S/C16H21N7O4/c1-2-27-16(26)22-5-3-11(4-6-22)20-14(24)12-7-18-13(21-15(12)25)8-23-10-17-9-19-23/h7,9-11H,2-6,8H2,1H3,(H,20,24)(H,18,21,25). The maximum absolute atomic E-state index is 12.4. The van der Waals surface area contributed by atoms with Gasteiger partial charge in [-0.3, -0.25) is 9.59 Å². The summed E-state index contributed by atoms with van der Waals surface area (Å²) in [5.41, 5.74) is -0.563. The zero-order chi connectivity index (χ0) is 19.2. The first-order valence-corrected chi connectivity index (χ1v) is 8.70. The van der Waals surface area contributed by atoms with Crippen LogP contribution in [0.2, 0.25) is 0 Å². The highest BCUT2D eigenvalue weighted by atomic mass is 16.6. The molecule has 2 aromatic rings. The molecule has 11 nitrogen and oxygen atoms in total. The molecule has 0 bridgehead atoms. The van der Waals surface area contributed by atoms with E-state index in [0.29, 0.717) is 38.4 Å². The molecule has 0 radical (unpaired) electrons. The van der Waals surface area contributed by atoms with Gasteiger partial charge in [0.25, 0.3) is 11.5 Å². The highest BCUT2D eigenvalue weighted by Crippen LogP contribution is 2.12. The van der Waals surface area contributed by atoms with Crippen molar-refractivity contribution in [3.05, 3.63) is 40.6 Å². The van der Waals surface area contributed by atoms with Crippen molar-refractivity contribution in [3.8, 4) is 0 Å². The molecule has 144 valence electrons. The van der Waals surface area contributed by atoms with Crippen LogP contribution in [0.5, 0.6) is 0 Å². The summed E-state index contributed by atoms with van der Waals surface area (Å²) in [5.74, 6) is -0.101. The Bertz CT molecular complexity index is 841. The van der Waals surface area contributed by atoms with Crippen LogP contribution < -0.4 is 10.9 Å². The number of likely N-dealkylation sites (tertiary alicyclic amines) is 1. The summed E-state index contributed by atoms with van der Waals surface area (Å²) in [4.78, 5) is 48.4. The molecular weight excluding hydrogens is 354 g/mol. The van der Waals surface area contributed by atoms with Gasteiger partial charge in [0.2, 0.25) is 0 Å². The van der Waals surface area contributed by atoms with Gasteiger partial charge in [-0.2, -0.15) is 5.10 Å². The molecule has 0 saturated carbocycles. The lowest BCUT2D eigenvalue weighted by Gasteiger charge is -2.31. The lowest BCUT2D eigenvalue weighted by atomic mass is 10.1. The number of ether oxygens (including phenoxy) is 1. The molecule has 0 unspecified atom stereocenters. The Morgan fingerprint density at radius 3 is 2.78 bits per heavy atom. The Hall–Kier alpha value is -3.24. The largest absolute Gasteiger partial charge is 0.450 e. The Morgan fingerprint density at radius 2 is 2.15 bits per heavy atom. The van der Waals surface area contributed by atoms with Crippen LogP contribution in [0, 0.1) is 0 Å². The number of aromatic nitrogens is 5. The number of hydrogen-bond donors (Lipinski definition) is 2. The van der Waals surface area contributed by atoms with Gasteiger partial charge in [-0.25, -0.2) is 19.4 Å². The van der Waals surface area contributed by atoms with Gasteiger partial charge < -0.3 is 19.9 Å². The third kappa shape index (κ3) is 4.68. The summed E-state index contributed by atoms with van der Waals surface area (Å²) in [5, 5.41) is 6.76. The van der Waals surface area contributed by atoms with Crippen molar-refractivity contribution >= 4 is 12.0 Å². The summed E-state index contributed by atoms with van der Waals surface area (Å²) >= 11 is 0. The van der Waals surface area contributed by atoms with Gasteiger partial charge in [0.05, 0.1) is 6.61 Å². The minimum atomic E-state index is -0.512. The summed E-state index contributed by atoms with van der Waals surface area (Å²) in [6, 6.07) is -0.114. The molecule has 27 heavy (non-hydrogen) atoms. The number of piperidine rings is 1. The maximum Gasteiger partial charge on any atom is 0.409 e. The fraction of sp³-hybridized carbons (Fsp3) is 0.500. The number of amides is 2. The van der Waals surface area contributed by atoms with Gasteiger partial charge >= 0.3 is 6.09 Å². The number of nitrogens with one attached hydrogen (secondary N) is 2. The smallest absolute Gasteiger partial charge is 0.409 e. The van der Waals surface area contributed by atoms with Crippen molar-refractivity contribution in [1.29, 1.82) is 0 Å².